The molecule has 0 aliphatic carbocycles. The molecule has 1 fully saturated rings. The zero-order valence-corrected chi connectivity index (χ0v) is 10.8. The predicted octanol–water partition coefficient (Wildman–Crippen LogP) is 0.723. The normalized spacial score (nSPS) is 21.8. The van der Waals surface area contributed by atoms with Crippen molar-refractivity contribution >= 4 is 5.82 Å². The summed E-state index contributed by atoms with van der Waals surface area (Å²) in [6.07, 6.45) is 2.78. The van der Waals surface area contributed by atoms with E-state index in [-0.39, 0.29) is 0 Å². The van der Waals surface area contributed by atoms with Gasteiger partial charge >= 0.3 is 0 Å². The van der Waals surface area contributed by atoms with Gasteiger partial charge in [0.2, 0.25) is 0 Å². The number of anilines is 1. The number of hydrogen-bond acceptors (Lipinski definition) is 4. The second-order valence-electron chi connectivity index (χ2n) is 4.80. The molecule has 0 aromatic carbocycles. The van der Waals surface area contributed by atoms with Crippen LogP contribution in [0.4, 0.5) is 5.82 Å². The molecule has 1 unspecified atom stereocenters. The fraction of sp³-hybridized carbons (Fsp3) is 0.615. The number of nitrogens with two attached hydrogens (primary N) is 1. The van der Waals surface area contributed by atoms with Crippen molar-refractivity contribution in [2.45, 2.75) is 19.4 Å². The second-order valence-corrected chi connectivity index (χ2v) is 4.80. The molecular formula is C13H22N4. The highest BCUT2D eigenvalue weighted by Gasteiger charge is 2.22. The number of hydrogen-bond donors (Lipinski definition) is 1. The molecule has 0 radical (unpaired) electrons. The molecule has 4 heteroatoms. The van der Waals surface area contributed by atoms with E-state index in [4.69, 9.17) is 5.73 Å². The van der Waals surface area contributed by atoms with Crippen LogP contribution in [0.25, 0.3) is 0 Å². The zero-order chi connectivity index (χ0) is 12.3. The number of rotatable bonds is 3. The van der Waals surface area contributed by atoms with Gasteiger partial charge in [0.15, 0.2) is 0 Å². The first-order valence-corrected chi connectivity index (χ1v) is 6.31. The minimum absolute atomic E-state index is 0.580. The Balaban J connectivity index is 2.16. The summed E-state index contributed by atoms with van der Waals surface area (Å²) in [5, 5.41) is 0. The molecule has 0 amide bonds. The van der Waals surface area contributed by atoms with Crippen LogP contribution in [0.1, 0.15) is 12.5 Å². The third-order valence-corrected chi connectivity index (χ3v) is 3.54. The van der Waals surface area contributed by atoms with Gasteiger partial charge in [-0.05, 0) is 38.6 Å². The summed E-state index contributed by atoms with van der Waals surface area (Å²) in [7, 11) is 2.18. The maximum atomic E-state index is 5.65. The van der Waals surface area contributed by atoms with Crippen LogP contribution in [0.2, 0.25) is 0 Å². The number of piperazine rings is 1. The fourth-order valence-electron chi connectivity index (χ4n) is 2.31. The molecule has 2 N–H and O–H groups in total. The zero-order valence-electron chi connectivity index (χ0n) is 10.8. The van der Waals surface area contributed by atoms with Crippen LogP contribution >= 0.6 is 0 Å². The van der Waals surface area contributed by atoms with Gasteiger partial charge in [0, 0.05) is 31.9 Å². The smallest absolute Gasteiger partial charge is 0.131 e. The van der Waals surface area contributed by atoms with E-state index in [1.807, 2.05) is 12.3 Å². The molecule has 4 nitrogen and oxygen atoms in total. The van der Waals surface area contributed by atoms with Gasteiger partial charge in [0.05, 0.1) is 0 Å². The monoisotopic (exact) mass is 234 g/mol. The number of nitrogens with zero attached hydrogens (tertiary/aromatic N) is 3. The molecule has 1 saturated heterocycles. The molecule has 0 bridgehead atoms. The summed E-state index contributed by atoms with van der Waals surface area (Å²) >= 11 is 0. The lowest BCUT2D eigenvalue weighted by atomic mass is 10.1. The number of likely N-dealkylation sites (N-methyl/N-ethyl adjacent to an activating group) is 1. The van der Waals surface area contributed by atoms with E-state index in [1.165, 1.54) is 5.56 Å². The van der Waals surface area contributed by atoms with Crippen LogP contribution in [0, 0.1) is 0 Å². The molecule has 0 spiro atoms. The van der Waals surface area contributed by atoms with E-state index in [2.05, 4.69) is 34.8 Å². The summed E-state index contributed by atoms with van der Waals surface area (Å²) in [5.41, 5.74) is 6.92. The maximum Gasteiger partial charge on any atom is 0.131 e. The summed E-state index contributed by atoms with van der Waals surface area (Å²) in [5.74, 6) is 1.12. The van der Waals surface area contributed by atoms with Gasteiger partial charge in [-0.15, -0.1) is 0 Å². The predicted molar refractivity (Wildman–Crippen MR) is 71.3 cm³/mol. The van der Waals surface area contributed by atoms with Crippen molar-refractivity contribution in [1.82, 2.24) is 9.88 Å². The lowest BCUT2D eigenvalue weighted by Crippen LogP contribution is -2.50. The molecule has 1 aliphatic heterocycles. The van der Waals surface area contributed by atoms with Crippen molar-refractivity contribution in [2.75, 3.05) is 38.1 Å². The van der Waals surface area contributed by atoms with Crippen molar-refractivity contribution in [3.63, 3.8) is 0 Å². The number of pyridine rings is 1. The highest BCUT2D eigenvalue weighted by molar-refractivity contribution is 5.47. The van der Waals surface area contributed by atoms with Gasteiger partial charge in [-0.1, -0.05) is 6.07 Å². The van der Waals surface area contributed by atoms with Gasteiger partial charge < -0.3 is 15.5 Å². The molecule has 2 heterocycles. The van der Waals surface area contributed by atoms with E-state index in [0.717, 1.165) is 31.9 Å². The van der Waals surface area contributed by atoms with Gasteiger partial charge in [0.1, 0.15) is 5.82 Å². The Bertz CT molecular complexity index is 366. The Morgan fingerprint density at radius 1 is 1.47 bits per heavy atom. The molecule has 1 aromatic rings. The van der Waals surface area contributed by atoms with Crippen LogP contribution < -0.4 is 10.6 Å². The number of aromatic nitrogens is 1. The standard InChI is InChI=1S/C13H22N4/c1-11-10-17(9-8-16(11)2)13-12(5-6-14)4-3-7-15-13/h3-4,7,11H,5-6,8-10,14H2,1-2H3. The fourth-order valence-corrected chi connectivity index (χ4v) is 2.31. The Morgan fingerprint density at radius 2 is 2.29 bits per heavy atom. The SMILES string of the molecule is CC1CN(c2ncccc2CCN)CCN1C. The highest BCUT2D eigenvalue weighted by Crippen LogP contribution is 2.20. The summed E-state index contributed by atoms with van der Waals surface area (Å²) in [4.78, 5) is 9.31. The van der Waals surface area contributed by atoms with Crippen molar-refractivity contribution in [2.24, 2.45) is 5.73 Å². The van der Waals surface area contributed by atoms with E-state index in [0.29, 0.717) is 12.6 Å². The maximum absolute atomic E-state index is 5.65. The highest BCUT2D eigenvalue weighted by atomic mass is 15.3. The van der Waals surface area contributed by atoms with Crippen molar-refractivity contribution in [1.29, 1.82) is 0 Å². The molecular weight excluding hydrogens is 212 g/mol. The first-order valence-electron chi connectivity index (χ1n) is 6.31. The molecule has 2 rings (SSSR count). The van der Waals surface area contributed by atoms with Crippen LogP contribution in [-0.4, -0.2) is 49.2 Å². The van der Waals surface area contributed by atoms with Crippen LogP contribution in [0.3, 0.4) is 0 Å². The Hall–Kier alpha value is -1.13. The van der Waals surface area contributed by atoms with Gasteiger partial charge in [-0.25, -0.2) is 4.98 Å². The van der Waals surface area contributed by atoms with E-state index >= 15 is 0 Å². The van der Waals surface area contributed by atoms with E-state index < -0.39 is 0 Å². The molecule has 17 heavy (non-hydrogen) atoms. The van der Waals surface area contributed by atoms with Crippen molar-refractivity contribution in [3.8, 4) is 0 Å². The Kier molecular flexibility index (Phi) is 3.97. The molecule has 0 saturated carbocycles. The lowest BCUT2D eigenvalue weighted by Gasteiger charge is -2.39. The third-order valence-electron chi connectivity index (χ3n) is 3.54. The van der Waals surface area contributed by atoms with Gasteiger partial charge in [-0.3, -0.25) is 0 Å². The Morgan fingerprint density at radius 3 is 3.00 bits per heavy atom. The summed E-state index contributed by atoms with van der Waals surface area (Å²) in [6.45, 7) is 6.14. The van der Waals surface area contributed by atoms with Gasteiger partial charge in [0.25, 0.3) is 0 Å². The van der Waals surface area contributed by atoms with E-state index in [9.17, 15) is 0 Å². The molecule has 1 aromatic heterocycles. The third kappa shape index (κ3) is 2.76. The van der Waals surface area contributed by atoms with Crippen LogP contribution in [-0.2, 0) is 6.42 Å². The largest absolute Gasteiger partial charge is 0.354 e. The Labute approximate surface area is 103 Å². The minimum Gasteiger partial charge on any atom is -0.354 e. The molecule has 1 aliphatic rings. The minimum atomic E-state index is 0.580. The van der Waals surface area contributed by atoms with Crippen LogP contribution in [0.15, 0.2) is 18.3 Å². The molecule has 1 atom stereocenters. The van der Waals surface area contributed by atoms with Crippen molar-refractivity contribution in [3.05, 3.63) is 23.9 Å². The van der Waals surface area contributed by atoms with E-state index in [1.54, 1.807) is 0 Å². The first-order chi connectivity index (χ1) is 8.22. The topological polar surface area (TPSA) is 45.4 Å². The van der Waals surface area contributed by atoms with Gasteiger partial charge in [-0.2, -0.15) is 0 Å². The second kappa shape index (κ2) is 5.47. The van der Waals surface area contributed by atoms with Crippen molar-refractivity contribution < 1.29 is 0 Å². The average Bonchev–Trinajstić information content (AvgIpc) is 2.34. The van der Waals surface area contributed by atoms with Crippen LogP contribution in [0.5, 0.6) is 0 Å². The quantitative estimate of drug-likeness (QED) is 0.837. The molecule has 94 valence electrons. The lowest BCUT2D eigenvalue weighted by molar-refractivity contribution is 0.233. The average molecular weight is 234 g/mol. The summed E-state index contributed by atoms with van der Waals surface area (Å²) < 4.78 is 0. The first kappa shape index (κ1) is 12.3. The summed E-state index contributed by atoms with van der Waals surface area (Å²) in [6, 6.07) is 4.71.